The molecule has 0 bridgehead atoms. The molecule has 0 aliphatic carbocycles. The van der Waals surface area contributed by atoms with E-state index in [1.54, 1.807) is 22.0 Å². The second-order valence-electron chi connectivity index (χ2n) is 5.76. The summed E-state index contributed by atoms with van der Waals surface area (Å²) >= 11 is 0. The van der Waals surface area contributed by atoms with E-state index < -0.39 is 0 Å². The summed E-state index contributed by atoms with van der Waals surface area (Å²) in [6.45, 7) is 21.4. The highest BCUT2D eigenvalue weighted by Gasteiger charge is 2.26. The molecule has 134 valence electrons. The van der Waals surface area contributed by atoms with E-state index in [-0.39, 0.29) is 11.8 Å². The minimum atomic E-state index is -0.156. The Balaban J connectivity index is 6.24. The molecule has 0 unspecified atom stereocenters. The molecule has 4 nitrogen and oxygen atoms in total. The van der Waals surface area contributed by atoms with Gasteiger partial charge in [-0.05, 0) is 53.7 Å². The zero-order chi connectivity index (χ0) is 18.9. The third-order valence-electron chi connectivity index (χ3n) is 3.63. The topological polar surface area (TPSA) is 40.6 Å². The maximum absolute atomic E-state index is 12.9. The van der Waals surface area contributed by atoms with E-state index in [1.807, 2.05) is 41.5 Å². The largest absolute Gasteiger partial charge is 0.339 e. The lowest BCUT2D eigenvalue weighted by atomic mass is 9.98. The monoisotopic (exact) mass is 332 g/mol. The Morgan fingerprint density at radius 1 is 0.708 bits per heavy atom. The molecule has 0 heterocycles. The molecule has 24 heavy (non-hydrogen) atoms. The van der Waals surface area contributed by atoms with Gasteiger partial charge in [-0.25, -0.2) is 0 Å². The van der Waals surface area contributed by atoms with Crippen LogP contribution in [-0.2, 0) is 9.59 Å². The molecular weight excluding hydrogens is 300 g/mol. The normalized spacial score (nSPS) is 11.9. The molecule has 0 atom stereocenters. The van der Waals surface area contributed by atoms with Gasteiger partial charge in [-0.2, -0.15) is 0 Å². The summed E-state index contributed by atoms with van der Waals surface area (Å²) in [6.07, 6.45) is 3.38. The number of likely N-dealkylation sites (N-methyl/N-ethyl adjacent to an activating group) is 2. The molecular formula is C20H32N2O2. The lowest BCUT2D eigenvalue weighted by molar-refractivity contribution is -0.129. The summed E-state index contributed by atoms with van der Waals surface area (Å²) in [5.74, 6) is -0.313. The van der Waals surface area contributed by atoms with Gasteiger partial charge in [0.1, 0.15) is 0 Å². The molecule has 0 N–H and O–H groups in total. The Morgan fingerprint density at radius 2 is 0.958 bits per heavy atom. The number of hydrogen-bond acceptors (Lipinski definition) is 2. The minimum absolute atomic E-state index is 0.156. The van der Waals surface area contributed by atoms with Crippen LogP contribution in [0.2, 0.25) is 0 Å². The fraction of sp³-hybridized carbons (Fsp3) is 0.500. The zero-order valence-electron chi connectivity index (χ0n) is 16.1. The highest BCUT2D eigenvalue weighted by Crippen LogP contribution is 2.20. The van der Waals surface area contributed by atoms with Crippen molar-refractivity contribution in [2.45, 2.75) is 41.5 Å². The number of nitrogens with zero attached hydrogens (tertiary/aromatic N) is 2. The van der Waals surface area contributed by atoms with E-state index in [0.29, 0.717) is 37.3 Å². The van der Waals surface area contributed by atoms with Gasteiger partial charge >= 0.3 is 0 Å². The van der Waals surface area contributed by atoms with Gasteiger partial charge in [0.15, 0.2) is 0 Å². The van der Waals surface area contributed by atoms with E-state index >= 15 is 0 Å². The summed E-state index contributed by atoms with van der Waals surface area (Å²) in [6, 6.07) is 0. The quantitative estimate of drug-likeness (QED) is 0.477. The van der Waals surface area contributed by atoms with Crippen molar-refractivity contribution >= 4 is 11.8 Å². The van der Waals surface area contributed by atoms with Gasteiger partial charge in [0, 0.05) is 26.2 Å². The van der Waals surface area contributed by atoms with Crippen LogP contribution in [0.4, 0.5) is 0 Å². The van der Waals surface area contributed by atoms with Crippen LogP contribution >= 0.6 is 0 Å². The van der Waals surface area contributed by atoms with Crippen molar-refractivity contribution in [1.29, 1.82) is 0 Å². The van der Waals surface area contributed by atoms with Gasteiger partial charge in [0.05, 0.1) is 11.1 Å². The first kappa shape index (κ1) is 21.9. The maximum Gasteiger partial charge on any atom is 0.254 e. The van der Waals surface area contributed by atoms with E-state index in [2.05, 4.69) is 13.2 Å². The number of carbonyl (C=O) groups is 2. The first-order valence-corrected chi connectivity index (χ1v) is 8.56. The molecule has 0 rings (SSSR count). The van der Waals surface area contributed by atoms with Crippen LogP contribution in [0, 0.1) is 0 Å². The van der Waals surface area contributed by atoms with Crippen LogP contribution in [0.5, 0.6) is 0 Å². The summed E-state index contributed by atoms with van der Waals surface area (Å²) < 4.78 is 0. The Bertz CT molecular complexity index is 498. The highest BCUT2D eigenvalue weighted by atomic mass is 16.2. The molecule has 0 saturated carbocycles. The van der Waals surface area contributed by atoms with Crippen molar-refractivity contribution in [1.82, 2.24) is 9.80 Å². The lowest BCUT2D eigenvalue weighted by Crippen LogP contribution is -2.37. The van der Waals surface area contributed by atoms with Crippen LogP contribution in [-0.4, -0.2) is 47.8 Å². The van der Waals surface area contributed by atoms with E-state index in [4.69, 9.17) is 0 Å². The fourth-order valence-corrected chi connectivity index (χ4v) is 2.36. The summed E-state index contributed by atoms with van der Waals surface area (Å²) in [4.78, 5) is 29.3. The number of hydrogen-bond donors (Lipinski definition) is 0. The predicted molar refractivity (Wildman–Crippen MR) is 102 cm³/mol. The van der Waals surface area contributed by atoms with Crippen molar-refractivity contribution in [3.8, 4) is 0 Å². The average Bonchev–Trinajstić information content (AvgIpc) is 2.52. The predicted octanol–water partition coefficient (Wildman–Crippen LogP) is 3.73. The molecule has 2 amide bonds. The number of allylic oxidation sites excluding steroid dienone is 4. The van der Waals surface area contributed by atoms with Crippen LogP contribution < -0.4 is 0 Å². The second-order valence-corrected chi connectivity index (χ2v) is 5.76. The molecule has 0 spiro atoms. The SMILES string of the molecule is C=C(C)/C=C(C(=O)N(CC)CC)/C(=C/C(=C)C)C(=O)N(CC)CC. The van der Waals surface area contributed by atoms with E-state index in [1.165, 1.54) is 0 Å². The lowest BCUT2D eigenvalue weighted by Gasteiger charge is -2.25. The van der Waals surface area contributed by atoms with Gasteiger partial charge in [-0.15, -0.1) is 0 Å². The van der Waals surface area contributed by atoms with E-state index in [0.717, 1.165) is 11.1 Å². The maximum atomic E-state index is 12.9. The Kier molecular flexibility index (Phi) is 9.70. The van der Waals surface area contributed by atoms with Gasteiger partial charge in [-0.3, -0.25) is 9.59 Å². The zero-order valence-corrected chi connectivity index (χ0v) is 16.1. The van der Waals surface area contributed by atoms with Crippen LogP contribution in [0.1, 0.15) is 41.5 Å². The van der Waals surface area contributed by atoms with Crippen molar-refractivity contribution in [2.24, 2.45) is 0 Å². The first-order chi connectivity index (χ1) is 11.2. The first-order valence-electron chi connectivity index (χ1n) is 8.56. The Labute approximate surface area is 147 Å². The molecule has 0 aromatic carbocycles. The van der Waals surface area contributed by atoms with Gasteiger partial charge < -0.3 is 9.80 Å². The smallest absolute Gasteiger partial charge is 0.254 e. The number of carbonyl (C=O) groups excluding carboxylic acids is 2. The molecule has 0 radical (unpaired) electrons. The third kappa shape index (κ3) is 6.19. The summed E-state index contributed by atoms with van der Waals surface area (Å²) in [5, 5.41) is 0. The molecule has 0 saturated heterocycles. The summed E-state index contributed by atoms with van der Waals surface area (Å²) in [7, 11) is 0. The van der Waals surface area contributed by atoms with E-state index in [9.17, 15) is 9.59 Å². The van der Waals surface area contributed by atoms with Crippen molar-refractivity contribution in [3.05, 3.63) is 47.6 Å². The molecule has 0 aliphatic heterocycles. The van der Waals surface area contributed by atoms with Crippen molar-refractivity contribution < 1.29 is 9.59 Å². The molecule has 0 aliphatic rings. The minimum Gasteiger partial charge on any atom is -0.339 e. The van der Waals surface area contributed by atoms with Gasteiger partial charge in [0.25, 0.3) is 11.8 Å². The average molecular weight is 332 g/mol. The highest BCUT2D eigenvalue weighted by molar-refractivity contribution is 6.11. The Morgan fingerprint density at radius 3 is 1.12 bits per heavy atom. The number of rotatable bonds is 9. The van der Waals surface area contributed by atoms with Crippen LogP contribution in [0.25, 0.3) is 0 Å². The number of amides is 2. The van der Waals surface area contributed by atoms with Gasteiger partial charge in [-0.1, -0.05) is 24.3 Å². The fourth-order valence-electron chi connectivity index (χ4n) is 2.36. The third-order valence-corrected chi connectivity index (χ3v) is 3.63. The summed E-state index contributed by atoms with van der Waals surface area (Å²) in [5.41, 5.74) is 2.22. The molecule has 0 fully saturated rings. The van der Waals surface area contributed by atoms with Crippen LogP contribution in [0.3, 0.4) is 0 Å². The van der Waals surface area contributed by atoms with Crippen molar-refractivity contribution in [2.75, 3.05) is 26.2 Å². The molecule has 4 heteroatoms. The standard InChI is InChI=1S/C20H32N2O2/c1-9-21(10-2)19(23)17(13-15(5)6)18(14-16(7)8)20(24)22(11-3)12-4/h13-14H,5,7,9-12H2,1-4,6,8H3/b17-13-,18-14-. The van der Waals surface area contributed by atoms with Gasteiger partial charge in [0.2, 0.25) is 0 Å². The molecule has 0 aromatic rings. The van der Waals surface area contributed by atoms with Crippen molar-refractivity contribution in [3.63, 3.8) is 0 Å². The Hall–Kier alpha value is -2.10. The molecule has 0 aromatic heterocycles. The van der Waals surface area contributed by atoms with Crippen LogP contribution in [0.15, 0.2) is 47.6 Å². The second kappa shape index (κ2) is 10.6.